The summed E-state index contributed by atoms with van der Waals surface area (Å²) in [5, 5.41) is 0.358. The molecule has 0 bridgehead atoms. The Hall–Kier alpha value is -2.18. The van der Waals surface area contributed by atoms with Crippen LogP contribution in [0.3, 0.4) is 0 Å². The summed E-state index contributed by atoms with van der Waals surface area (Å²) in [5.74, 6) is 0.743. The number of halogens is 1. The van der Waals surface area contributed by atoms with Crippen LogP contribution in [0.1, 0.15) is 0 Å². The Labute approximate surface area is 132 Å². The maximum Gasteiger partial charge on any atom is 0.162 e. The van der Waals surface area contributed by atoms with Crippen LogP contribution in [0.15, 0.2) is 30.6 Å². The number of hydrogen-bond acceptors (Lipinski definition) is 5. The number of nitrogens with one attached hydrogen (secondary N) is 1. The van der Waals surface area contributed by atoms with E-state index in [-0.39, 0.29) is 0 Å². The van der Waals surface area contributed by atoms with Crippen molar-refractivity contribution in [3.05, 3.63) is 35.7 Å². The van der Waals surface area contributed by atoms with Gasteiger partial charge < -0.3 is 14.6 Å². The number of nitrogens with zero attached hydrogens (tertiary/aromatic N) is 4. The van der Waals surface area contributed by atoms with Gasteiger partial charge in [-0.1, -0.05) is 23.7 Å². The van der Waals surface area contributed by atoms with E-state index in [2.05, 4.69) is 37.0 Å². The fourth-order valence-electron chi connectivity index (χ4n) is 2.61. The molecule has 1 aliphatic rings. The van der Waals surface area contributed by atoms with E-state index in [4.69, 9.17) is 16.3 Å². The molecule has 0 atom stereocenters. The average Bonchev–Trinajstić information content (AvgIpc) is 3.02. The topological polar surface area (TPSA) is 66.9 Å². The molecule has 0 amide bonds. The van der Waals surface area contributed by atoms with Crippen molar-refractivity contribution < 1.29 is 4.74 Å². The zero-order valence-corrected chi connectivity index (χ0v) is 12.5. The van der Waals surface area contributed by atoms with Crippen molar-refractivity contribution >= 4 is 28.5 Å². The molecule has 0 unspecified atom stereocenters. The number of benzene rings is 1. The van der Waals surface area contributed by atoms with Crippen molar-refractivity contribution in [3.8, 4) is 11.4 Å². The minimum Gasteiger partial charge on any atom is -0.378 e. The normalized spacial score (nSPS) is 15.4. The fourth-order valence-corrected chi connectivity index (χ4v) is 2.78. The van der Waals surface area contributed by atoms with Crippen LogP contribution in [-0.2, 0) is 4.74 Å². The van der Waals surface area contributed by atoms with Crippen LogP contribution >= 0.6 is 11.6 Å². The molecule has 112 valence electrons. The molecule has 0 saturated carbocycles. The molecule has 1 aromatic carbocycles. The highest BCUT2D eigenvalue weighted by molar-refractivity contribution is 6.33. The summed E-state index contributed by atoms with van der Waals surface area (Å²) in [5.41, 5.74) is 3.40. The molecule has 22 heavy (non-hydrogen) atoms. The summed E-state index contributed by atoms with van der Waals surface area (Å²) in [7, 11) is 0. The Bertz CT molecular complexity index is 813. The monoisotopic (exact) mass is 315 g/mol. The summed E-state index contributed by atoms with van der Waals surface area (Å²) in [6.45, 7) is 3.34. The molecule has 1 fully saturated rings. The van der Waals surface area contributed by atoms with Crippen LogP contribution in [0.2, 0.25) is 5.15 Å². The van der Waals surface area contributed by atoms with Crippen LogP contribution in [-0.4, -0.2) is 46.2 Å². The molecular formula is C15H14ClN5O. The zero-order valence-electron chi connectivity index (χ0n) is 11.8. The number of fused-ring (bicyclic) bond motifs is 1. The van der Waals surface area contributed by atoms with Gasteiger partial charge in [-0.05, 0) is 12.1 Å². The number of rotatable bonds is 2. The lowest BCUT2D eigenvalue weighted by Gasteiger charge is -2.29. The Balaban J connectivity index is 1.73. The van der Waals surface area contributed by atoms with Crippen molar-refractivity contribution in [2.75, 3.05) is 31.2 Å². The van der Waals surface area contributed by atoms with E-state index in [0.717, 1.165) is 37.7 Å². The second-order valence-electron chi connectivity index (χ2n) is 5.10. The van der Waals surface area contributed by atoms with Gasteiger partial charge in [-0.2, -0.15) is 0 Å². The van der Waals surface area contributed by atoms with Crippen LogP contribution < -0.4 is 4.90 Å². The molecule has 1 N–H and O–H groups in total. The third-order valence-electron chi connectivity index (χ3n) is 3.73. The van der Waals surface area contributed by atoms with E-state index in [1.807, 2.05) is 12.1 Å². The molecule has 0 radical (unpaired) electrons. The van der Waals surface area contributed by atoms with Crippen molar-refractivity contribution in [2.45, 2.75) is 0 Å². The SMILES string of the molecule is Clc1ncnc2[nH]c(-c3cccc(N4CCOCC4)c3)nc12. The molecule has 7 heteroatoms. The standard InChI is InChI=1S/C15H14ClN5O/c16-13-12-15(18-9-17-13)20-14(19-12)10-2-1-3-11(8-10)21-4-6-22-7-5-21/h1-3,8-9H,4-7H2,(H,17,18,19,20). The number of morpholine rings is 1. The van der Waals surface area contributed by atoms with Gasteiger partial charge >= 0.3 is 0 Å². The van der Waals surface area contributed by atoms with Gasteiger partial charge in [0.15, 0.2) is 10.8 Å². The Morgan fingerprint density at radius 1 is 1.18 bits per heavy atom. The molecule has 0 spiro atoms. The largest absolute Gasteiger partial charge is 0.378 e. The maximum absolute atomic E-state index is 6.06. The summed E-state index contributed by atoms with van der Waals surface area (Å²) < 4.78 is 5.40. The lowest BCUT2D eigenvalue weighted by molar-refractivity contribution is 0.122. The van der Waals surface area contributed by atoms with E-state index in [1.54, 1.807) is 0 Å². The molecule has 6 nitrogen and oxygen atoms in total. The van der Waals surface area contributed by atoms with Gasteiger partial charge in [0.1, 0.15) is 17.7 Å². The summed E-state index contributed by atoms with van der Waals surface area (Å²) >= 11 is 6.06. The number of ether oxygens (including phenoxy) is 1. The molecule has 4 rings (SSSR count). The maximum atomic E-state index is 6.06. The first-order valence-electron chi connectivity index (χ1n) is 7.10. The van der Waals surface area contributed by atoms with Crippen molar-refractivity contribution in [3.63, 3.8) is 0 Å². The number of aromatic nitrogens is 4. The van der Waals surface area contributed by atoms with Gasteiger partial charge in [-0.15, -0.1) is 0 Å². The van der Waals surface area contributed by atoms with Gasteiger partial charge in [0.25, 0.3) is 0 Å². The quantitative estimate of drug-likeness (QED) is 0.736. The third kappa shape index (κ3) is 2.40. The van der Waals surface area contributed by atoms with Crippen LogP contribution in [0.25, 0.3) is 22.6 Å². The third-order valence-corrected chi connectivity index (χ3v) is 4.01. The van der Waals surface area contributed by atoms with Gasteiger partial charge in [0.2, 0.25) is 0 Å². The van der Waals surface area contributed by atoms with E-state index in [1.165, 1.54) is 12.0 Å². The van der Waals surface area contributed by atoms with E-state index >= 15 is 0 Å². The smallest absolute Gasteiger partial charge is 0.162 e. The molecule has 3 heterocycles. The van der Waals surface area contributed by atoms with Crippen LogP contribution in [0.5, 0.6) is 0 Å². The number of aromatic amines is 1. The highest BCUT2D eigenvalue weighted by Gasteiger charge is 2.14. The van der Waals surface area contributed by atoms with Crippen molar-refractivity contribution in [1.29, 1.82) is 0 Å². The summed E-state index contributed by atoms with van der Waals surface area (Å²) in [6.07, 6.45) is 1.43. The van der Waals surface area contributed by atoms with E-state index in [0.29, 0.717) is 16.3 Å². The van der Waals surface area contributed by atoms with E-state index in [9.17, 15) is 0 Å². The zero-order chi connectivity index (χ0) is 14.9. The molecule has 1 saturated heterocycles. The van der Waals surface area contributed by atoms with Crippen LogP contribution in [0.4, 0.5) is 5.69 Å². The minimum absolute atomic E-state index is 0.358. The van der Waals surface area contributed by atoms with E-state index < -0.39 is 0 Å². The predicted octanol–water partition coefficient (Wildman–Crippen LogP) is 2.51. The Morgan fingerprint density at radius 2 is 2.05 bits per heavy atom. The Morgan fingerprint density at radius 3 is 2.86 bits per heavy atom. The number of imidazole rings is 1. The van der Waals surface area contributed by atoms with Crippen molar-refractivity contribution in [1.82, 2.24) is 19.9 Å². The first kappa shape index (κ1) is 13.5. The van der Waals surface area contributed by atoms with Gasteiger partial charge in [0.05, 0.1) is 13.2 Å². The average molecular weight is 316 g/mol. The molecule has 2 aromatic heterocycles. The number of hydrogen-bond donors (Lipinski definition) is 1. The Kier molecular flexibility index (Phi) is 3.40. The van der Waals surface area contributed by atoms with Crippen molar-refractivity contribution in [2.24, 2.45) is 0 Å². The fraction of sp³-hybridized carbons (Fsp3) is 0.267. The second-order valence-corrected chi connectivity index (χ2v) is 5.45. The predicted molar refractivity (Wildman–Crippen MR) is 85.2 cm³/mol. The molecule has 3 aromatic rings. The highest BCUT2D eigenvalue weighted by atomic mass is 35.5. The minimum atomic E-state index is 0.358. The number of H-pyrrole nitrogens is 1. The lowest BCUT2D eigenvalue weighted by Crippen LogP contribution is -2.36. The first-order chi connectivity index (χ1) is 10.8. The highest BCUT2D eigenvalue weighted by Crippen LogP contribution is 2.26. The molecule has 1 aliphatic heterocycles. The van der Waals surface area contributed by atoms with Gasteiger partial charge in [-0.25, -0.2) is 15.0 Å². The molecular weight excluding hydrogens is 302 g/mol. The second kappa shape index (κ2) is 5.55. The first-order valence-corrected chi connectivity index (χ1v) is 7.48. The lowest BCUT2D eigenvalue weighted by atomic mass is 10.1. The molecule has 0 aliphatic carbocycles. The van der Waals surface area contributed by atoms with Gasteiger partial charge in [-0.3, -0.25) is 0 Å². The summed E-state index contributed by atoms with van der Waals surface area (Å²) in [4.78, 5) is 18.1. The van der Waals surface area contributed by atoms with Crippen LogP contribution in [0, 0.1) is 0 Å². The van der Waals surface area contributed by atoms with Gasteiger partial charge in [0, 0.05) is 24.3 Å². The summed E-state index contributed by atoms with van der Waals surface area (Å²) in [6, 6.07) is 8.26. The number of anilines is 1.